The minimum atomic E-state index is 0.477. The Kier molecular flexibility index (Phi) is 4.35. The zero-order valence-electron chi connectivity index (χ0n) is 12.3. The van der Waals surface area contributed by atoms with E-state index in [1.165, 1.54) is 12.8 Å². The number of hydrogen-bond donors (Lipinski definition) is 0. The Morgan fingerprint density at radius 1 is 1.24 bits per heavy atom. The molecule has 0 spiro atoms. The van der Waals surface area contributed by atoms with Gasteiger partial charge in [-0.25, -0.2) is 9.97 Å². The number of likely N-dealkylation sites (tertiary alicyclic amines) is 1. The Hall–Kier alpha value is -2.08. The second kappa shape index (κ2) is 6.58. The van der Waals surface area contributed by atoms with Gasteiger partial charge in [-0.2, -0.15) is 0 Å². The van der Waals surface area contributed by atoms with Crippen molar-refractivity contribution >= 4 is 5.82 Å². The molecule has 1 aliphatic heterocycles. The van der Waals surface area contributed by atoms with Crippen LogP contribution in [-0.2, 0) is 6.54 Å². The second-order valence-electron chi connectivity index (χ2n) is 5.41. The summed E-state index contributed by atoms with van der Waals surface area (Å²) in [5.41, 5.74) is 1.03. The third-order valence-electron chi connectivity index (χ3n) is 3.96. The molecule has 6 heteroatoms. The molecule has 3 rings (SSSR count). The van der Waals surface area contributed by atoms with E-state index in [2.05, 4.69) is 36.8 Å². The lowest BCUT2D eigenvalue weighted by molar-refractivity contribution is 0.196. The molecular weight excluding hydrogens is 264 g/mol. The van der Waals surface area contributed by atoms with Crippen molar-refractivity contribution in [1.29, 1.82) is 0 Å². The van der Waals surface area contributed by atoms with Crippen molar-refractivity contribution in [3.8, 4) is 0 Å². The predicted octanol–water partition coefficient (Wildman–Crippen LogP) is 1.37. The van der Waals surface area contributed by atoms with Gasteiger partial charge in [0.05, 0.1) is 5.69 Å². The monoisotopic (exact) mass is 284 g/mol. The Labute approximate surface area is 124 Å². The lowest BCUT2D eigenvalue weighted by atomic mass is 10.0. The van der Waals surface area contributed by atoms with Crippen LogP contribution < -0.4 is 4.90 Å². The minimum Gasteiger partial charge on any atom is -0.355 e. The number of rotatable bonds is 4. The molecule has 0 bridgehead atoms. The highest BCUT2D eigenvalue weighted by atomic mass is 15.3. The van der Waals surface area contributed by atoms with Gasteiger partial charge in [0.25, 0.3) is 0 Å². The summed E-state index contributed by atoms with van der Waals surface area (Å²) in [7, 11) is 2.11. The highest BCUT2D eigenvalue weighted by Gasteiger charge is 2.24. The number of piperidine rings is 1. The van der Waals surface area contributed by atoms with E-state index in [4.69, 9.17) is 0 Å². The fourth-order valence-electron chi connectivity index (χ4n) is 2.81. The Balaban J connectivity index is 1.63. The van der Waals surface area contributed by atoms with Gasteiger partial charge in [0.2, 0.25) is 0 Å². The van der Waals surface area contributed by atoms with E-state index in [-0.39, 0.29) is 0 Å². The zero-order valence-corrected chi connectivity index (χ0v) is 12.3. The second-order valence-corrected chi connectivity index (χ2v) is 5.41. The maximum absolute atomic E-state index is 4.36. The number of nitrogens with zero attached hydrogens (tertiary/aromatic N) is 6. The molecule has 1 unspecified atom stereocenters. The molecule has 0 N–H and O–H groups in total. The molecule has 0 radical (unpaired) electrons. The van der Waals surface area contributed by atoms with Gasteiger partial charge in [-0.3, -0.25) is 14.9 Å². The molecule has 0 aliphatic carbocycles. The van der Waals surface area contributed by atoms with Gasteiger partial charge in [0.15, 0.2) is 0 Å². The van der Waals surface area contributed by atoms with Gasteiger partial charge in [0.1, 0.15) is 12.1 Å². The van der Waals surface area contributed by atoms with Crippen LogP contribution >= 0.6 is 0 Å². The summed E-state index contributed by atoms with van der Waals surface area (Å²) in [5.74, 6) is 0.983. The van der Waals surface area contributed by atoms with E-state index in [0.717, 1.165) is 31.1 Å². The highest BCUT2D eigenvalue weighted by molar-refractivity contribution is 5.36. The first kappa shape index (κ1) is 13.9. The van der Waals surface area contributed by atoms with Crippen LogP contribution in [0.2, 0.25) is 0 Å². The molecule has 2 aromatic heterocycles. The van der Waals surface area contributed by atoms with E-state index >= 15 is 0 Å². The molecule has 1 atom stereocenters. The van der Waals surface area contributed by atoms with Gasteiger partial charge >= 0.3 is 0 Å². The fourth-order valence-corrected chi connectivity index (χ4v) is 2.81. The summed E-state index contributed by atoms with van der Waals surface area (Å²) >= 11 is 0. The summed E-state index contributed by atoms with van der Waals surface area (Å²) in [4.78, 5) is 21.5. The normalized spacial score (nSPS) is 19.4. The van der Waals surface area contributed by atoms with Crippen molar-refractivity contribution in [2.24, 2.45) is 0 Å². The summed E-state index contributed by atoms with van der Waals surface area (Å²) in [5, 5.41) is 0. The van der Waals surface area contributed by atoms with Crippen LogP contribution in [-0.4, -0.2) is 51.0 Å². The van der Waals surface area contributed by atoms with Crippen molar-refractivity contribution in [3.05, 3.63) is 42.9 Å². The summed E-state index contributed by atoms with van der Waals surface area (Å²) in [6.45, 7) is 3.00. The van der Waals surface area contributed by atoms with Gasteiger partial charge in [-0.1, -0.05) is 0 Å². The number of hydrogen-bond acceptors (Lipinski definition) is 6. The molecule has 1 aliphatic rings. The molecule has 0 saturated carbocycles. The summed E-state index contributed by atoms with van der Waals surface area (Å²) in [6, 6.07) is 2.44. The van der Waals surface area contributed by atoms with Crippen molar-refractivity contribution in [2.75, 3.05) is 25.0 Å². The average molecular weight is 284 g/mol. The van der Waals surface area contributed by atoms with E-state index in [1.54, 1.807) is 24.9 Å². The molecule has 21 heavy (non-hydrogen) atoms. The van der Waals surface area contributed by atoms with Crippen molar-refractivity contribution in [3.63, 3.8) is 0 Å². The fraction of sp³-hybridized carbons (Fsp3) is 0.467. The zero-order chi connectivity index (χ0) is 14.5. The van der Waals surface area contributed by atoms with Gasteiger partial charge < -0.3 is 4.90 Å². The van der Waals surface area contributed by atoms with Crippen LogP contribution in [0.3, 0.4) is 0 Å². The van der Waals surface area contributed by atoms with E-state index in [0.29, 0.717) is 6.04 Å². The van der Waals surface area contributed by atoms with Crippen LogP contribution in [0, 0.1) is 0 Å². The van der Waals surface area contributed by atoms with Crippen molar-refractivity contribution < 1.29 is 0 Å². The first-order chi connectivity index (χ1) is 10.3. The Bertz CT molecular complexity index is 547. The molecular formula is C15H20N6. The maximum atomic E-state index is 4.36. The van der Waals surface area contributed by atoms with Crippen LogP contribution in [0.5, 0.6) is 0 Å². The molecule has 110 valence electrons. The van der Waals surface area contributed by atoms with Crippen LogP contribution in [0.1, 0.15) is 18.5 Å². The molecule has 0 aromatic carbocycles. The van der Waals surface area contributed by atoms with Crippen LogP contribution in [0.4, 0.5) is 5.82 Å². The number of aromatic nitrogens is 4. The number of likely N-dealkylation sites (N-methyl/N-ethyl adjacent to an activating group) is 1. The molecule has 6 nitrogen and oxygen atoms in total. The summed E-state index contributed by atoms with van der Waals surface area (Å²) < 4.78 is 0. The van der Waals surface area contributed by atoms with Gasteiger partial charge in [-0.15, -0.1) is 0 Å². The van der Waals surface area contributed by atoms with Crippen LogP contribution in [0.15, 0.2) is 37.2 Å². The third kappa shape index (κ3) is 3.52. The third-order valence-corrected chi connectivity index (χ3v) is 3.96. The molecule has 1 saturated heterocycles. The maximum Gasteiger partial charge on any atom is 0.131 e. The molecule has 3 heterocycles. The Morgan fingerprint density at radius 2 is 2.19 bits per heavy atom. The minimum absolute atomic E-state index is 0.477. The summed E-state index contributed by atoms with van der Waals surface area (Å²) in [6.07, 6.45) is 11.1. The lowest BCUT2D eigenvalue weighted by Crippen LogP contribution is -2.46. The lowest BCUT2D eigenvalue weighted by Gasteiger charge is -2.37. The average Bonchev–Trinajstić information content (AvgIpc) is 2.56. The highest BCUT2D eigenvalue weighted by Crippen LogP contribution is 2.20. The van der Waals surface area contributed by atoms with Crippen molar-refractivity contribution in [1.82, 2.24) is 24.8 Å². The molecule has 2 aromatic rings. The Morgan fingerprint density at radius 3 is 2.95 bits per heavy atom. The smallest absolute Gasteiger partial charge is 0.131 e. The van der Waals surface area contributed by atoms with Crippen molar-refractivity contribution in [2.45, 2.75) is 25.4 Å². The van der Waals surface area contributed by atoms with E-state index in [9.17, 15) is 0 Å². The topological polar surface area (TPSA) is 58.0 Å². The largest absolute Gasteiger partial charge is 0.355 e. The number of anilines is 1. The molecule has 1 fully saturated rings. The predicted molar refractivity (Wildman–Crippen MR) is 80.8 cm³/mol. The van der Waals surface area contributed by atoms with E-state index < -0.39 is 0 Å². The standard InChI is InChI=1S/C15H20N6/c1-20(15-4-5-17-12-19-15)14-3-2-8-21(11-14)10-13-9-16-6-7-18-13/h4-7,9,12,14H,2-3,8,10-11H2,1H3. The first-order valence-electron chi connectivity index (χ1n) is 7.29. The van der Waals surface area contributed by atoms with Gasteiger partial charge in [0, 0.05) is 51.0 Å². The van der Waals surface area contributed by atoms with Crippen LogP contribution in [0.25, 0.3) is 0 Å². The quantitative estimate of drug-likeness (QED) is 0.845. The van der Waals surface area contributed by atoms with E-state index in [1.807, 2.05) is 12.3 Å². The van der Waals surface area contributed by atoms with Gasteiger partial charge in [-0.05, 0) is 25.5 Å². The first-order valence-corrected chi connectivity index (χ1v) is 7.29. The molecule has 0 amide bonds. The SMILES string of the molecule is CN(c1ccncn1)C1CCCN(Cc2cnccn2)C1.